The van der Waals surface area contributed by atoms with E-state index < -0.39 is 0 Å². The predicted octanol–water partition coefficient (Wildman–Crippen LogP) is 2.11. The fourth-order valence-corrected chi connectivity index (χ4v) is 2.41. The van der Waals surface area contributed by atoms with Crippen LogP contribution in [0.25, 0.3) is 0 Å². The quantitative estimate of drug-likeness (QED) is 0.727. The van der Waals surface area contributed by atoms with Gasteiger partial charge in [0.2, 0.25) is 0 Å². The molecule has 0 amide bonds. The number of methoxy groups -OCH3 is 1. The third-order valence-corrected chi connectivity index (χ3v) is 3.42. The van der Waals surface area contributed by atoms with Gasteiger partial charge in [0.1, 0.15) is 6.04 Å². The highest BCUT2D eigenvalue weighted by Crippen LogP contribution is 2.26. The molecule has 0 spiro atoms. The van der Waals surface area contributed by atoms with Crippen LogP contribution >= 0.6 is 0 Å². The molecule has 2 atom stereocenters. The summed E-state index contributed by atoms with van der Waals surface area (Å²) >= 11 is 0. The van der Waals surface area contributed by atoms with Crippen molar-refractivity contribution in [2.24, 2.45) is 5.92 Å². The van der Waals surface area contributed by atoms with Crippen molar-refractivity contribution in [2.75, 3.05) is 7.11 Å². The van der Waals surface area contributed by atoms with Crippen molar-refractivity contribution in [3.8, 4) is 0 Å². The van der Waals surface area contributed by atoms with Crippen LogP contribution in [0.5, 0.6) is 0 Å². The minimum Gasteiger partial charge on any atom is -0.468 e. The van der Waals surface area contributed by atoms with Crippen LogP contribution in [-0.4, -0.2) is 25.2 Å². The Labute approximate surface area is 92.6 Å². The van der Waals surface area contributed by atoms with Crippen LogP contribution < -0.4 is 5.32 Å². The first-order valence-corrected chi connectivity index (χ1v) is 5.99. The average Bonchev–Trinajstić information content (AvgIpc) is 2.29. The molecule has 0 aliphatic heterocycles. The summed E-state index contributed by atoms with van der Waals surface area (Å²) in [7, 11) is 1.44. The van der Waals surface area contributed by atoms with E-state index in [0.29, 0.717) is 6.04 Å². The SMILES string of the molecule is COC(=O)C(C)NC(C)C1CCCCC1. The number of carbonyl (C=O) groups excluding carboxylic acids is 1. The largest absolute Gasteiger partial charge is 0.468 e. The van der Waals surface area contributed by atoms with Gasteiger partial charge in [-0.2, -0.15) is 0 Å². The molecule has 1 rings (SSSR count). The first kappa shape index (κ1) is 12.5. The molecule has 0 aromatic rings. The number of rotatable bonds is 4. The third-order valence-electron chi connectivity index (χ3n) is 3.42. The van der Waals surface area contributed by atoms with Gasteiger partial charge in [-0.1, -0.05) is 19.3 Å². The van der Waals surface area contributed by atoms with E-state index in [-0.39, 0.29) is 12.0 Å². The van der Waals surface area contributed by atoms with Crippen molar-refractivity contribution in [2.45, 2.75) is 58.0 Å². The summed E-state index contributed by atoms with van der Waals surface area (Å²) in [5.74, 6) is 0.559. The van der Waals surface area contributed by atoms with Gasteiger partial charge in [-0.3, -0.25) is 4.79 Å². The van der Waals surface area contributed by atoms with Crippen molar-refractivity contribution in [3.05, 3.63) is 0 Å². The Bertz CT molecular complexity index is 200. The van der Waals surface area contributed by atoms with Crippen molar-refractivity contribution < 1.29 is 9.53 Å². The molecule has 1 fully saturated rings. The molecule has 1 N–H and O–H groups in total. The summed E-state index contributed by atoms with van der Waals surface area (Å²) in [5.41, 5.74) is 0. The zero-order valence-corrected chi connectivity index (χ0v) is 10.1. The van der Waals surface area contributed by atoms with Gasteiger partial charge in [-0.05, 0) is 32.6 Å². The lowest BCUT2D eigenvalue weighted by Crippen LogP contribution is -2.44. The Balaban J connectivity index is 2.33. The van der Waals surface area contributed by atoms with Crippen LogP contribution in [0.4, 0.5) is 0 Å². The molecule has 0 heterocycles. The summed E-state index contributed by atoms with van der Waals surface area (Å²) < 4.78 is 4.70. The molecule has 3 nitrogen and oxygen atoms in total. The monoisotopic (exact) mass is 213 g/mol. The Kier molecular flexibility index (Phi) is 5.09. The normalized spacial score (nSPS) is 22.1. The van der Waals surface area contributed by atoms with E-state index in [2.05, 4.69) is 12.2 Å². The van der Waals surface area contributed by atoms with E-state index in [4.69, 9.17) is 4.74 Å². The van der Waals surface area contributed by atoms with E-state index in [0.717, 1.165) is 5.92 Å². The fourth-order valence-electron chi connectivity index (χ4n) is 2.41. The highest BCUT2D eigenvalue weighted by atomic mass is 16.5. The molecule has 0 saturated heterocycles. The fraction of sp³-hybridized carbons (Fsp3) is 0.917. The maximum absolute atomic E-state index is 11.2. The molecule has 0 bridgehead atoms. The number of carbonyl (C=O) groups is 1. The van der Waals surface area contributed by atoms with Crippen molar-refractivity contribution in [1.29, 1.82) is 0 Å². The van der Waals surface area contributed by atoms with Crippen molar-refractivity contribution in [3.63, 3.8) is 0 Å². The second kappa shape index (κ2) is 6.11. The third kappa shape index (κ3) is 3.82. The first-order valence-electron chi connectivity index (χ1n) is 5.99. The van der Waals surface area contributed by atoms with Gasteiger partial charge in [0.25, 0.3) is 0 Å². The number of esters is 1. The van der Waals surface area contributed by atoms with Crippen LogP contribution in [0, 0.1) is 5.92 Å². The van der Waals surface area contributed by atoms with Crippen LogP contribution in [0.2, 0.25) is 0 Å². The Morgan fingerprint density at radius 2 is 1.87 bits per heavy atom. The van der Waals surface area contributed by atoms with Crippen LogP contribution in [0.15, 0.2) is 0 Å². The standard InChI is InChI=1S/C12H23NO2/c1-9(11-7-5-4-6-8-11)13-10(2)12(14)15-3/h9-11,13H,4-8H2,1-3H3. The van der Waals surface area contributed by atoms with Crippen molar-refractivity contribution in [1.82, 2.24) is 5.32 Å². The van der Waals surface area contributed by atoms with E-state index in [9.17, 15) is 4.79 Å². The predicted molar refractivity (Wildman–Crippen MR) is 60.7 cm³/mol. The molecule has 0 aromatic heterocycles. The summed E-state index contributed by atoms with van der Waals surface area (Å²) in [5, 5.41) is 3.33. The van der Waals surface area contributed by atoms with Gasteiger partial charge in [0.15, 0.2) is 0 Å². The first-order chi connectivity index (χ1) is 7.15. The summed E-state index contributed by atoms with van der Waals surface area (Å²) in [6.07, 6.45) is 6.63. The van der Waals surface area contributed by atoms with E-state index in [1.54, 1.807) is 0 Å². The van der Waals surface area contributed by atoms with Gasteiger partial charge in [-0.15, -0.1) is 0 Å². The molecule has 3 heteroatoms. The van der Waals surface area contributed by atoms with Crippen LogP contribution in [-0.2, 0) is 9.53 Å². The molecule has 0 aromatic carbocycles. The molecule has 1 saturated carbocycles. The lowest BCUT2D eigenvalue weighted by Gasteiger charge is -2.29. The molecule has 2 unspecified atom stereocenters. The van der Waals surface area contributed by atoms with E-state index in [1.165, 1.54) is 39.2 Å². The van der Waals surface area contributed by atoms with E-state index in [1.807, 2.05) is 6.92 Å². The molecule has 15 heavy (non-hydrogen) atoms. The smallest absolute Gasteiger partial charge is 0.322 e. The van der Waals surface area contributed by atoms with Crippen LogP contribution in [0.3, 0.4) is 0 Å². The lowest BCUT2D eigenvalue weighted by molar-refractivity contribution is -0.142. The van der Waals surface area contributed by atoms with Gasteiger partial charge in [-0.25, -0.2) is 0 Å². The van der Waals surface area contributed by atoms with E-state index >= 15 is 0 Å². The summed E-state index contributed by atoms with van der Waals surface area (Å²) in [6.45, 7) is 4.04. The van der Waals surface area contributed by atoms with Gasteiger partial charge < -0.3 is 10.1 Å². The highest BCUT2D eigenvalue weighted by Gasteiger charge is 2.23. The number of hydrogen-bond acceptors (Lipinski definition) is 3. The van der Waals surface area contributed by atoms with Gasteiger partial charge in [0, 0.05) is 6.04 Å². The topological polar surface area (TPSA) is 38.3 Å². The average molecular weight is 213 g/mol. The minimum absolute atomic E-state index is 0.169. The molecule has 1 aliphatic rings. The molecule has 0 radical (unpaired) electrons. The number of hydrogen-bond donors (Lipinski definition) is 1. The Hall–Kier alpha value is -0.570. The Morgan fingerprint density at radius 1 is 1.27 bits per heavy atom. The van der Waals surface area contributed by atoms with Crippen molar-refractivity contribution >= 4 is 5.97 Å². The molecule has 88 valence electrons. The molecular weight excluding hydrogens is 190 g/mol. The molecular formula is C12H23NO2. The summed E-state index contributed by atoms with van der Waals surface area (Å²) in [4.78, 5) is 11.2. The molecule has 1 aliphatic carbocycles. The Morgan fingerprint density at radius 3 is 2.40 bits per heavy atom. The second-order valence-corrected chi connectivity index (χ2v) is 4.60. The maximum atomic E-state index is 11.2. The van der Waals surface area contributed by atoms with Gasteiger partial charge in [0.05, 0.1) is 7.11 Å². The number of ether oxygens (including phenoxy) is 1. The zero-order chi connectivity index (χ0) is 11.3. The highest BCUT2D eigenvalue weighted by molar-refractivity contribution is 5.75. The van der Waals surface area contributed by atoms with Crippen LogP contribution in [0.1, 0.15) is 46.0 Å². The lowest BCUT2D eigenvalue weighted by atomic mass is 9.84. The zero-order valence-electron chi connectivity index (χ0n) is 10.1. The van der Waals surface area contributed by atoms with Gasteiger partial charge >= 0.3 is 5.97 Å². The minimum atomic E-state index is -0.188. The maximum Gasteiger partial charge on any atom is 0.322 e. The summed E-state index contributed by atoms with van der Waals surface area (Å²) in [6, 6.07) is 0.228. The number of nitrogens with one attached hydrogen (secondary N) is 1. The second-order valence-electron chi connectivity index (χ2n) is 4.60.